The number of halogens is 1. The second kappa shape index (κ2) is 8.74. The molecule has 0 radical (unpaired) electrons. The standard InChI is InChI=1S/C26H21ClN2O4S/c1-15(19-4-2-3-5-21(19)27)33-25(32)29-22-12-17(13-23-20(22)14-28-34-23)16-6-8-18(9-7-16)26(10-11-26)24(30)31/h2-9,12-15H,10-11H2,1H3,(H,29,32)(H,30,31). The molecule has 0 saturated heterocycles. The summed E-state index contributed by atoms with van der Waals surface area (Å²) in [7, 11) is 0. The lowest BCUT2D eigenvalue weighted by Gasteiger charge is -2.16. The Morgan fingerprint density at radius 2 is 1.85 bits per heavy atom. The molecule has 172 valence electrons. The van der Waals surface area contributed by atoms with E-state index in [1.165, 1.54) is 11.5 Å². The Morgan fingerprint density at radius 1 is 1.12 bits per heavy atom. The molecule has 1 saturated carbocycles. The fourth-order valence-corrected chi connectivity index (χ4v) is 5.14. The molecule has 1 aliphatic rings. The Labute approximate surface area is 205 Å². The zero-order chi connectivity index (χ0) is 23.9. The van der Waals surface area contributed by atoms with Gasteiger partial charge in [0.2, 0.25) is 0 Å². The van der Waals surface area contributed by atoms with E-state index in [0.29, 0.717) is 23.6 Å². The van der Waals surface area contributed by atoms with Crippen molar-refractivity contribution in [3.63, 3.8) is 0 Å². The van der Waals surface area contributed by atoms with Crippen LogP contribution in [0.3, 0.4) is 0 Å². The van der Waals surface area contributed by atoms with Gasteiger partial charge in [-0.25, -0.2) is 4.79 Å². The second-order valence-electron chi connectivity index (χ2n) is 8.42. The lowest BCUT2D eigenvalue weighted by atomic mass is 9.93. The fraction of sp³-hybridized carbons (Fsp3) is 0.192. The van der Waals surface area contributed by atoms with Gasteiger partial charge in [-0.2, -0.15) is 4.37 Å². The van der Waals surface area contributed by atoms with Gasteiger partial charge in [0.05, 0.1) is 22.0 Å². The van der Waals surface area contributed by atoms with Crippen molar-refractivity contribution in [2.75, 3.05) is 5.32 Å². The van der Waals surface area contributed by atoms with Crippen LogP contribution in [0.2, 0.25) is 5.02 Å². The third-order valence-corrected chi connectivity index (χ3v) is 7.36. The molecule has 1 atom stereocenters. The molecule has 1 unspecified atom stereocenters. The molecule has 4 aromatic rings. The number of carboxylic acid groups (broad SMARTS) is 1. The average Bonchev–Trinajstić information content (AvgIpc) is 3.50. The number of nitrogens with one attached hydrogen (secondary N) is 1. The molecule has 1 aliphatic carbocycles. The van der Waals surface area contributed by atoms with Crippen molar-refractivity contribution in [2.45, 2.75) is 31.3 Å². The number of benzene rings is 3. The van der Waals surface area contributed by atoms with E-state index in [4.69, 9.17) is 16.3 Å². The second-order valence-corrected chi connectivity index (χ2v) is 9.66. The molecule has 8 heteroatoms. The number of amides is 1. The van der Waals surface area contributed by atoms with E-state index in [-0.39, 0.29) is 0 Å². The van der Waals surface area contributed by atoms with Gasteiger partial charge in [-0.1, -0.05) is 54.1 Å². The first kappa shape index (κ1) is 22.4. The predicted molar refractivity (Wildman–Crippen MR) is 134 cm³/mol. The van der Waals surface area contributed by atoms with Gasteiger partial charge in [0.25, 0.3) is 0 Å². The molecule has 6 nitrogen and oxygen atoms in total. The molecule has 0 bridgehead atoms. The number of rotatable bonds is 6. The van der Waals surface area contributed by atoms with Crippen LogP contribution in [-0.2, 0) is 14.9 Å². The fourth-order valence-electron chi connectivity index (χ4n) is 4.14. The molecule has 1 amide bonds. The lowest BCUT2D eigenvalue weighted by Crippen LogP contribution is -2.19. The lowest BCUT2D eigenvalue weighted by molar-refractivity contribution is -0.140. The largest absolute Gasteiger partial charge is 0.481 e. The third-order valence-electron chi connectivity index (χ3n) is 6.27. The summed E-state index contributed by atoms with van der Waals surface area (Å²) < 4.78 is 10.7. The highest BCUT2D eigenvalue weighted by molar-refractivity contribution is 7.13. The molecule has 1 aromatic heterocycles. The van der Waals surface area contributed by atoms with Crippen LogP contribution in [-0.4, -0.2) is 21.5 Å². The SMILES string of the molecule is CC(OC(=O)Nc1cc(-c2ccc(C3(C(=O)O)CC3)cc2)cc2sncc12)c1ccccc1Cl. The van der Waals surface area contributed by atoms with Crippen LogP contribution >= 0.6 is 23.1 Å². The first-order valence-electron chi connectivity index (χ1n) is 10.8. The van der Waals surface area contributed by atoms with Crippen LogP contribution in [0.25, 0.3) is 21.2 Å². The Hall–Kier alpha value is -3.42. The van der Waals surface area contributed by atoms with Gasteiger partial charge in [0.1, 0.15) is 6.10 Å². The van der Waals surface area contributed by atoms with Gasteiger partial charge in [-0.3, -0.25) is 10.1 Å². The van der Waals surface area contributed by atoms with Crippen LogP contribution in [0.5, 0.6) is 0 Å². The normalized spacial score (nSPS) is 15.0. The van der Waals surface area contributed by atoms with Crippen molar-refractivity contribution in [1.82, 2.24) is 4.37 Å². The first-order valence-corrected chi connectivity index (χ1v) is 12.0. The van der Waals surface area contributed by atoms with E-state index < -0.39 is 23.6 Å². The summed E-state index contributed by atoms with van der Waals surface area (Å²) in [5, 5.41) is 13.7. The Kier molecular flexibility index (Phi) is 5.75. The number of hydrogen-bond donors (Lipinski definition) is 2. The number of fused-ring (bicyclic) bond motifs is 1. The molecular weight excluding hydrogens is 472 g/mol. The van der Waals surface area contributed by atoms with Crippen molar-refractivity contribution in [3.05, 3.63) is 83.0 Å². The zero-order valence-corrected chi connectivity index (χ0v) is 19.8. The van der Waals surface area contributed by atoms with Gasteiger partial charge < -0.3 is 9.84 Å². The summed E-state index contributed by atoms with van der Waals surface area (Å²) in [5.74, 6) is -0.776. The zero-order valence-electron chi connectivity index (χ0n) is 18.2. The van der Waals surface area contributed by atoms with Crippen molar-refractivity contribution in [3.8, 4) is 11.1 Å². The number of hydrogen-bond acceptors (Lipinski definition) is 5. The van der Waals surface area contributed by atoms with Gasteiger partial charge in [0, 0.05) is 16.0 Å². The van der Waals surface area contributed by atoms with Gasteiger partial charge in [0.15, 0.2) is 0 Å². The number of nitrogens with zero attached hydrogens (tertiary/aromatic N) is 1. The van der Waals surface area contributed by atoms with Crippen molar-refractivity contribution < 1.29 is 19.4 Å². The minimum atomic E-state index is -0.776. The van der Waals surface area contributed by atoms with Crippen LogP contribution in [0.1, 0.15) is 37.0 Å². The maximum Gasteiger partial charge on any atom is 0.412 e. The third kappa shape index (κ3) is 4.13. The number of aromatic nitrogens is 1. The average molecular weight is 493 g/mol. The number of anilines is 1. The summed E-state index contributed by atoms with van der Waals surface area (Å²) in [5.41, 5.74) is 3.20. The minimum absolute atomic E-state index is 0.524. The number of carboxylic acids is 1. The molecule has 0 spiro atoms. The van der Waals surface area contributed by atoms with Gasteiger partial charge in [-0.15, -0.1) is 0 Å². The van der Waals surface area contributed by atoms with Crippen molar-refractivity contribution in [2.24, 2.45) is 0 Å². The summed E-state index contributed by atoms with van der Waals surface area (Å²) in [6, 6.07) is 18.7. The number of ether oxygens (including phenoxy) is 1. The molecule has 34 heavy (non-hydrogen) atoms. The summed E-state index contributed by atoms with van der Waals surface area (Å²) in [6.07, 6.45) is 1.92. The summed E-state index contributed by atoms with van der Waals surface area (Å²) in [4.78, 5) is 24.3. The number of carbonyl (C=O) groups excluding carboxylic acids is 1. The summed E-state index contributed by atoms with van der Waals surface area (Å²) in [6.45, 7) is 1.77. The van der Waals surface area contributed by atoms with Crippen LogP contribution in [0, 0.1) is 0 Å². The smallest absolute Gasteiger partial charge is 0.412 e. The quantitative estimate of drug-likeness (QED) is 0.301. The highest BCUT2D eigenvalue weighted by atomic mass is 35.5. The highest BCUT2D eigenvalue weighted by Crippen LogP contribution is 2.48. The van der Waals surface area contributed by atoms with E-state index in [1.807, 2.05) is 54.6 Å². The maximum atomic E-state index is 12.7. The monoisotopic (exact) mass is 492 g/mol. The maximum absolute atomic E-state index is 12.7. The van der Waals surface area contributed by atoms with Crippen LogP contribution in [0.4, 0.5) is 10.5 Å². The predicted octanol–water partition coefficient (Wildman–Crippen LogP) is 7.04. The topological polar surface area (TPSA) is 88.5 Å². The molecule has 3 aromatic carbocycles. The Balaban J connectivity index is 1.39. The van der Waals surface area contributed by atoms with E-state index in [9.17, 15) is 14.7 Å². The van der Waals surface area contributed by atoms with Crippen molar-refractivity contribution in [1.29, 1.82) is 0 Å². The van der Waals surface area contributed by atoms with Gasteiger partial charge in [-0.05, 0) is 66.2 Å². The first-order chi connectivity index (χ1) is 16.4. The van der Waals surface area contributed by atoms with E-state index in [0.717, 1.165) is 32.3 Å². The number of aliphatic carboxylic acids is 1. The van der Waals surface area contributed by atoms with Gasteiger partial charge >= 0.3 is 12.1 Å². The molecule has 0 aliphatic heterocycles. The highest BCUT2D eigenvalue weighted by Gasteiger charge is 2.51. The molecular formula is C26H21ClN2O4S. The number of carbonyl (C=O) groups is 2. The Bertz CT molecular complexity index is 1400. The summed E-state index contributed by atoms with van der Waals surface area (Å²) >= 11 is 7.56. The van der Waals surface area contributed by atoms with Crippen molar-refractivity contribution >= 4 is 51.0 Å². The van der Waals surface area contributed by atoms with Crippen LogP contribution in [0.15, 0.2) is 66.9 Å². The van der Waals surface area contributed by atoms with E-state index >= 15 is 0 Å². The molecule has 1 heterocycles. The minimum Gasteiger partial charge on any atom is -0.481 e. The molecule has 1 fully saturated rings. The Morgan fingerprint density at radius 3 is 2.53 bits per heavy atom. The van der Waals surface area contributed by atoms with E-state index in [1.54, 1.807) is 19.2 Å². The molecule has 5 rings (SSSR count). The van der Waals surface area contributed by atoms with E-state index in [2.05, 4.69) is 9.69 Å². The van der Waals surface area contributed by atoms with Crippen LogP contribution < -0.4 is 5.32 Å². The molecule has 2 N–H and O–H groups in total.